The molecule has 2 atom stereocenters. The summed E-state index contributed by atoms with van der Waals surface area (Å²) in [5.74, 6) is -1.04. The summed E-state index contributed by atoms with van der Waals surface area (Å²) in [6.45, 7) is 5.22. The number of Topliss-reactive ketones (excluding diaryl/α,β-unsaturated/α-hetero) is 1. The Balaban J connectivity index is 1.90. The van der Waals surface area contributed by atoms with Crippen LogP contribution in [0.25, 0.3) is 0 Å². The summed E-state index contributed by atoms with van der Waals surface area (Å²) in [5, 5.41) is 3.10. The van der Waals surface area contributed by atoms with Crippen LogP contribution in [0.3, 0.4) is 0 Å². The first-order valence-corrected chi connectivity index (χ1v) is 11.6. The van der Waals surface area contributed by atoms with E-state index in [0.29, 0.717) is 35.4 Å². The second-order valence-electron chi connectivity index (χ2n) is 9.60. The van der Waals surface area contributed by atoms with E-state index in [-0.39, 0.29) is 0 Å². The number of ketones is 1. The number of carbonyl (C=O) groups excluding carboxylic acids is 3. The Bertz CT molecular complexity index is 1060. The minimum atomic E-state index is -1.47. The minimum absolute atomic E-state index is 0.306. The third kappa shape index (κ3) is 5.70. The lowest BCUT2D eigenvalue weighted by Crippen LogP contribution is -2.58. The molecule has 2 unspecified atom stereocenters. The fourth-order valence-corrected chi connectivity index (χ4v) is 4.33. The topological polar surface area (TPSA) is 84.9 Å². The molecule has 1 aliphatic carbocycles. The van der Waals surface area contributed by atoms with Crippen molar-refractivity contribution in [1.82, 2.24) is 5.32 Å². The molecule has 3 rings (SSSR count). The first-order chi connectivity index (χ1) is 15.9. The van der Waals surface area contributed by atoms with Gasteiger partial charge >= 0.3 is 12.1 Å². The molecule has 2 aromatic carbocycles. The smallest absolute Gasteiger partial charge is 0.408 e. The van der Waals surface area contributed by atoms with E-state index in [1.807, 2.05) is 19.0 Å². The van der Waals surface area contributed by atoms with Gasteiger partial charge in [-0.05, 0) is 70.4 Å². The largest absolute Gasteiger partial charge is 0.451 e. The van der Waals surface area contributed by atoms with Crippen molar-refractivity contribution in [2.45, 2.75) is 57.3 Å². The molecule has 7 nitrogen and oxygen atoms in total. The van der Waals surface area contributed by atoms with E-state index >= 15 is 0 Å². The van der Waals surface area contributed by atoms with Crippen LogP contribution in [0.4, 0.5) is 10.5 Å². The number of nitrogens with one attached hydrogen (secondary N) is 1. The second-order valence-corrected chi connectivity index (χ2v) is 10.0. The number of anilines is 1. The Labute approximate surface area is 205 Å². The average molecular weight is 487 g/mol. The number of nitrogens with zero attached hydrogens (tertiary/aromatic N) is 1. The molecule has 8 heteroatoms. The number of carbonyl (C=O) groups is 3. The van der Waals surface area contributed by atoms with Crippen molar-refractivity contribution in [2.75, 3.05) is 19.0 Å². The molecule has 0 radical (unpaired) electrons. The molecule has 0 bridgehead atoms. The van der Waals surface area contributed by atoms with Gasteiger partial charge < -0.3 is 19.7 Å². The molecule has 0 saturated heterocycles. The Morgan fingerprint density at radius 2 is 1.74 bits per heavy atom. The molecule has 34 heavy (non-hydrogen) atoms. The normalized spacial score (nSPS) is 20.4. The number of halogens is 1. The molecular formula is C26H31ClN2O5. The van der Waals surface area contributed by atoms with Gasteiger partial charge in [0.2, 0.25) is 5.78 Å². The van der Waals surface area contributed by atoms with Gasteiger partial charge in [0.25, 0.3) is 0 Å². The van der Waals surface area contributed by atoms with E-state index in [9.17, 15) is 14.4 Å². The fraction of sp³-hybridized carbons (Fsp3) is 0.423. The quantitative estimate of drug-likeness (QED) is 0.591. The van der Waals surface area contributed by atoms with Crippen LogP contribution in [0, 0.1) is 0 Å². The van der Waals surface area contributed by atoms with Crippen LogP contribution in [-0.2, 0) is 19.8 Å². The zero-order valence-electron chi connectivity index (χ0n) is 20.2. The second kappa shape index (κ2) is 10.1. The van der Waals surface area contributed by atoms with Crippen LogP contribution < -0.4 is 10.2 Å². The van der Waals surface area contributed by atoms with Crippen molar-refractivity contribution < 1.29 is 23.9 Å². The number of esters is 1. The Morgan fingerprint density at radius 3 is 2.32 bits per heavy atom. The maximum atomic E-state index is 13.8. The van der Waals surface area contributed by atoms with Gasteiger partial charge in [-0.2, -0.15) is 0 Å². The van der Waals surface area contributed by atoms with E-state index in [1.165, 1.54) is 0 Å². The van der Waals surface area contributed by atoms with Gasteiger partial charge in [0.15, 0.2) is 6.10 Å². The van der Waals surface area contributed by atoms with Crippen LogP contribution in [0.15, 0.2) is 48.5 Å². The highest BCUT2D eigenvalue weighted by atomic mass is 35.5. The monoisotopic (exact) mass is 486 g/mol. The molecule has 1 fully saturated rings. The Hall–Kier alpha value is -3.06. The van der Waals surface area contributed by atoms with Crippen LogP contribution in [0.1, 0.15) is 56.0 Å². The number of benzene rings is 2. The zero-order valence-corrected chi connectivity index (χ0v) is 20.9. The number of rotatable bonds is 5. The highest BCUT2D eigenvalue weighted by Crippen LogP contribution is 2.39. The van der Waals surface area contributed by atoms with Crippen molar-refractivity contribution in [3.05, 3.63) is 64.7 Å². The lowest BCUT2D eigenvalue weighted by molar-refractivity contribution is -0.138. The molecular weight excluding hydrogens is 456 g/mol. The Kier molecular flexibility index (Phi) is 7.56. The third-order valence-corrected chi connectivity index (χ3v) is 5.98. The third-order valence-electron chi connectivity index (χ3n) is 5.65. The van der Waals surface area contributed by atoms with Crippen molar-refractivity contribution >= 4 is 35.1 Å². The summed E-state index contributed by atoms with van der Waals surface area (Å²) in [5.41, 5.74) is -0.507. The molecule has 1 N–H and O–H groups in total. The van der Waals surface area contributed by atoms with E-state index in [1.54, 1.807) is 69.3 Å². The van der Waals surface area contributed by atoms with Gasteiger partial charge in [0.05, 0.1) is 5.56 Å². The number of alkyl carbamates (subject to hydrolysis) is 1. The SMILES string of the molecule is CN(C)c1ccc(C(=O)OC2CCCC(NC(=O)OC(C)(C)C)(c3ccccc3Cl)C2=O)cc1. The number of hydrogen-bond donors (Lipinski definition) is 1. The van der Waals surface area contributed by atoms with Crippen LogP contribution in [-0.4, -0.2) is 43.6 Å². The van der Waals surface area contributed by atoms with Crippen LogP contribution in [0.2, 0.25) is 5.02 Å². The Morgan fingerprint density at radius 1 is 1.09 bits per heavy atom. The predicted octanol–water partition coefficient (Wildman–Crippen LogP) is 5.10. The lowest BCUT2D eigenvalue weighted by atomic mass is 9.74. The van der Waals surface area contributed by atoms with E-state index in [0.717, 1.165) is 5.69 Å². The van der Waals surface area contributed by atoms with Crippen molar-refractivity contribution in [2.24, 2.45) is 0 Å². The molecule has 1 aliphatic rings. The van der Waals surface area contributed by atoms with Crippen molar-refractivity contribution in [3.63, 3.8) is 0 Å². The molecule has 1 amide bonds. The summed E-state index contributed by atoms with van der Waals surface area (Å²) in [6.07, 6.45) is -0.597. The van der Waals surface area contributed by atoms with Gasteiger partial charge in [-0.3, -0.25) is 4.79 Å². The molecule has 1 saturated carbocycles. The van der Waals surface area contributed by atoms with E-state index in [2.05, 4.69) is 5.32 Å². The van der Waals surface area contributed by atoms with Crippen LogP contribution >= 0.6 is 11.6 Å². The van der Waals surface area contributed by atoms with Gasteiger partial charge in [-0.1, -0.05) is 29.8 Å². The zero-order chi connectivity index (χ0) is 25.1. The number of ether oxygens (including phenoxy) is 2. The molecule has 0 aliphatic heterocycles. The predicted molar refractivity (Wildman–Crippen MR) is 131 cm³/mol. The van der Waals surface area contributed by atoms with Crippen LogP contribution in [0.5, 0.6) is 0 Å². The maximum Gasteiger partial charge on any atom is 0.408 e. The van der Waals surface area contributed by atoms with Gasteiger partial charge in [-0.15, -0.1) is 0 Å². The molecule has 182 valence electrons. The van der Waals surface area contributed by atoms with E-state index < -0.39 is 35.1 Å². The van der Waals surface area contributed by atoms with Gasteiger partial charge in [0, 0.05) is 30.4 Å². The molecule has 0 spiro atoms. The van der Waals surface area contributed by atoms with E-state index in [4.69, 9.17) is 21.1 Å². The number of hydrogen-bond acceptors (Lipinski definition) is 6. The summed E-state index contributed by atoms with van der Waals surface area (Å²) in [4.78, 5) is 41.3. The van der Waals surface area contributed by atoms with Gasteiger partial charge in [-0.25, -0.2) is 9.59 Å². The maximum absolute atomic E-state index is 13.8. The lowest BCUT2D eigenvalue weighted by Gasteiger charge is -2.40. The summed E-state index contributed by atoms with van der Waals surface area (Å²) in [7, 11) is 3.81. The average Bonchev–Trinajstić information content (AvgIpc) is 2.75. The molecule has 0 aromatic heterocycles. The standard InChI is InChI=1S/C26H31ClN2O5/c1-25(2,3)34-24(32)28-26(19-9-6-7-10-20(19)27)16-8-11-21(22(26)30)33-23(31)17-12-14-18(15-13-17)29(4)5/h6-7,9-10,12-15,21H,8,11,16H2,1-5H3,(H,28,32). The van der Waals surface area contributed by atoms with Crippen molar-refractivity contribution in [3.8, 4) is 0 Å². The molecule has 2 aromatic rings. The highest BCUT2D eigenvalue weighted by Gasteiger charge is 2.50. The summed E-state index contributed by atoms with van der Waals surface area (Å²) in [6, 6.07) is 13.8. The first-order valence-electron chi connectivity index (χ1n) is 11.2. The highest BCUT2D eigenvalue weighted by molar-refractivity contribution is 6.32. The van der Waals surface area contributed by atoms with Crippen molar-refractivity contribution in [1.29, 1.82) is 0 Å². The number of amides is 1. The fourth-order valence-electron chi connectivity index (χ4n) is 4.03. The molecule has 0 heterocycles. The first kappa shape index (κ1) is 25.6. The van der Waals surface area contributed by atoms with Gasteiger partial charge in [0.1, 0.15) is 11.1 Å². The minimum Gasteiger partial charge on any atom is -0.451 e. The summed E-state index contributed by atoms with van der Waals surface area (Å²) >= 11 is 6.46. The summed E-state index contributed by atoms with van der Waals surface area (Å²) < 4.78 is 11.1.